The van der Waals surface area contributed by atoms with Gasteiger partial charge >= 0.3 is 6.03 Å². The Balaban J connectivity index is 1.47. The Morgan fingerprint density at radius 1 is 0.933 bits per heavy atom. The molecule has 6 nitrogen and oxygen atoms in total. The van der Waals surface area contributed by atoms with Crippen LogP contribution in [0.3, 0.4) is 0 Å². The van der Waals surface area contributed by atoms with E-state index in [-0.39, 0.29) is 18.5 Å². The minimum absolute atomic E-state index is 0.0605. The molecule has 1 heterocycles. The van der Waals surface area contributed by atoms with Crippen LogP contribution < -0.4 is 15.4 Å². The van der Waals surface area contributed by atoms with Gasteiger partial charge in [-0.2, -0.15) is 0 Å². The van der Waals surface area contributed by atoms with Crippen LogP contribution >= 0.6 is 0 Å². The van der Waals surface area contributed by atoms with E-state index >= 15 is 0 Å². The molecule has 0 radical (unpaired) electrons. The van der Waals surface area contributed by atoms with Gasteiger partial charge in [0.15, 0.2) is 6.61 Å². The van der Waals surface area contributed by atoms with Crippen molar-refractivity contribution in [1.82, 2.24) is 4.90 Å². The fraction of sp³-hybridized carbons (Fsp3) is 0.417. The second-order valence-electron chi connectivity index (χ2n) is 7.97. The standard InChI is InChI=1S/C24H31N3O3/c1-18(2)19-8-7-9-22(16-19)30-17-23(28)25-20-10-12-21(13-11-20)26-24(29)27-14-5-3-4-6-15-27/h7-13,16,18H,3-6,14-15,17H2,1-2H3,(H,25,28)(H,26,29). The van der Waals surface area contributed by atoms with E-state index in [4.69, 9.17) is 4.74 Å². The fourth-order valence-electron chi connectivity index (χ4n) is 3.42. The lowest BCUT2D eigenvalue weighted by atomic mass is 10.0. The van der Waals surface area contributed by atoms with Crippen molar-refractivity contribution in [2.45, 2.75) is 45.4 Å². The summed E-state index contributed by atoms with van der Waals surface area (Å²) in [5.74, 6) is 0.856. The van der Waals surface area contributed by atoms with Crippen molar-refractivity contribution in [1.29, 1.82) is 0 Å². The molecule has 2 N–H and O–H groups in total. The van der Waals surface area contributed by atoms with Crippen LogP contribution in [0.25, 0.3) is 0 Å². The van der Waals surface area contributed by atoms with Gasteiger partial charge in [0.25, 0.3) is 5.91 Å². The number of nitrogens with zero attached hydrogens (tertiary/aromatic N) is 1. The molecule has 1 aliphatic rings. The number of rotatable bonds is 6. The number of anilines is 2. The highest BCUT2D eigenvalue weighted by molar-refractivity contribution is 5.93. The van der Waals surface area contributed by atoms with Gasteiger partial charge in [0.1, 0.15) is 5.75 Å². The molecule has 1 aliphatic heterocycles. The highest BCUT2D eigenvalue weighted by Crippen LogP contribution is 2.20. The molecular weight excluding hydrogens is 378 g/mol. The summed E-state index contributed by atoms with van der Waals surface area (Å²) in [7, 11) is 0. The Bertz CT molecular complexity index is 841. The summed E-state index contributed by atoms with van der Waals surface area (Å²) in [4.78, 5) is 26.5. The Morgan fingerprint density at radius 3 is 2.20 bits per heavy atom. The molecule has 1 saturated heterocycles. The van der Waals surface area contributed by atoms with E-state index in [0.29, 0.717) is 23.0 Å². The van der Waals surface area contributed by atoms with Crippen LogP contribution in [0.15, 0.2) is 48.5 Å². The van der Waals surface area contributed by atoms with Crippen LogP contribution in [0.1, 0.15) is 51.0 Å². The third-order valence-electron chi connectivity index (χ3n) is 5.21. The van der Waals surface area contributed by atoms with E-state index in [1.807, 2.05) is 29.2 Å². The van der Waals surface area contributed by atoms with E-state index in [0.717, 1.165) is 25.9 Å². The lowest BCUT2D eigenvalue weighted by Gasteiger charge is -2.20. The van der Waals surface area contributed by atoms with Crippen molar-refractivity contribution in [2.75, 3.05) is 30.3 Å². The average Bonchev–Trinajstić information content (AvgIpc) is 3.03. The third kappa shape index (κ3) is 6.51. The zero-order valence-electron chi connectivity index (χ0n) is 17.8. The number of carbonyl (C=O) groups is 2. The van der Waals surface area contributed by atoms with Crippen molar-refractivity contribution < 1.29 is 14.3 Å². The van der Waals surface area contributed by atoms with E-state index in [2.05, 4.69) is 24.5 Å². The summed E-state index contributed by atoms with van der Waals surface area (Å²) in [6, 6.07) is 14.8. The normalized spacial score (nSPS) is 14.2. The molecule has 3 amide bonds. The van der Waals surface area contributed by atoms with Crippen molar-refractivity contribution in [3.63, 3.8) is 0 Å². The van der Waals surface area contributed by atoms with E-state index in [1.165, 1.54) is 18.4 Å². The van der Waals surface area contributed by atoms with Gasteiger partial charge in [0, 0.05) is 24.5 Å². The molecular formula is C24H31N3O3. The van der Waals surface area contributed by atoms with Gasteiger partial charge in [-0.3, -0.25) is 4.79 Å². The first-order chi connectivity index (χ1) is 14.5. The maximum Gasteiger partial charge on any atom is 0.321 e. The number of benzene rings is 2. The number of urea groups is 1. The smallest absolute Gasteiger partial charge is 0.321 e. The molecule has 0 spiro atoms. The summed E-state index contributed by atoms with van der Waals surface area (Å²) in [6.07, 6.45) is 4.49. The largest absolute Gasteiger partial charge is 0.484 e. The molecule has 1 fully saturated rings. The van der Waals surface area contributed by atoms with Crippen LogP contribution in [0, 0.1) is 0 Å². The second kappa shape index (κ2) is 10.7. The maximum atomic E-state index is 12.4. The van der Waals surface area contributed by atoms with Crippen LogP contribution in [0.5, 0.6) is 5.75 Å². The van der Waals surface area contributed by atoms with Gasteiger partial charge in [-0.05, 0) is 60.7 Å². The Kier molecular flexibility index (Phi) is 7.71. The van der Waals surface area contributed by atoms with E-state index < -0.39 is 0 Å². The van der Waals surface area contributed by atoms with Gasteiger partial charge in [-0.1, -0.05) is 38.8 Å². The van der Waals surface area contributed by atoms with Crippen molar-refractivity contribution in [3.8, 4) is 5.75 Å². The third-order valence-corrected chi connectivity index (χ3v) is 5.21. The summed E-state index contributed by atoms with van der Waals surface area (Å²) in [6.45, 7) is 5.78. The molecule has 160 valence electrons. The monoisotopic (exact) mass is 409 g/mol. The molecule has 30 heavy (non-hydrogen) atoms. The Hall–Kier alpha value is -3.02. The molecule has 2 aromatic carbocycles. The van der Waals surface area contributed by atoms with Gasteiger partial charge in [-0.25, -0.2) is 4.79 Å². The zero-order chi connectivity index (χ0) is 21.3. The molecule has 0 aromatic heterocycles. The summed E-state index contributed by atoms with van der Waals surface area (Å²) in [5.41, 5.74) is 2.54. The van der Waals surface area contributed by atoms with Crippen molar-refractivity contribution in [2.24, 2.45) is 0 Å². The maximum absolute atomic E-state index is 12.4. The topological polar surface area (TPSA) is 70.7 Å². The van der Waals surface area contributed by atoms with Crippen molar-refractivity contribution in [3.05, 3.63) is 54.1 Å². The molecule has 0 unspecified atom stereocenters. The number of hydrogen-bond acceptors (Lipinski definition) is 3. The van der Waals surface area contributed by atoms with Crippen molar-refractivity contribution >= 4 is 23.3 Å². The molecule has 2 aromatic rings. The van der Waals surface area contributed by atoms with Gasteiger partial charge < -0.3 is 20.3 Å². The summed E-state index contributed by atoms with van der Waals surface area (Å²) < 4.78 is 5.61. The van der Waals surface area contributed by atoms with E-state index in [1.54, 1.807) is 24.3 Å². The number of likely N-dealkylation sites (tertiary alicyclic amines) is 1. The fourth-order valence-corrected chi connectivity index (χ4v) is 3.42. The number of carbonyl (C=O) groups excluding carboxylic acids is 2. The molecule has 0 atom stereocenters. The highest BCUT2D eigenvalue weighted by Gasteiger charge is 2.15. The quantitative estimate of drug-likeness (QED) is 0.686. The summed E-state index contributed by atoms with van der Waals surface area (Å²) in [5, 5.41) is 5.75. The lowest BCUT2D eigenvalue weighted by molar-refractivity contribution is -0.118. The average molecular weight is 410 g/mol. The molecule has 0 saturated carbocycles. The minimum Gasteiger partial charge on any atom is -0.484 e. The number of nitrogens with one attached hydrogen (secondary N) is 2. The first-order valence-electron chi connectivity index (χ1n) is 10.7. The number of amides is 3. The van der Waals surface area contributed by atoms with Gasteiger partial charge in [0.05, 0.1) is 0 Å². The molecule has 0 aliphatic carbocycles. The SMILES string of the molecule is CC(C)c1cccc(OCC(=O)Nc2ccc(NC(=O)N3CCCCCC3)cc2)c1. The van der Waals surface area contributed by atoms with Crippen LogP contribution in [-0.2, 0) is 4.79 Å². The molecule has 6 heteroatoms. The van der Waals surface area contributed by atoms with E-state index in [9.17, 15) is 9.59 Å². The lowest BCUT2D eigenvalue weighted by Crippen LogP contribution is -2.35. The number of hydrogen-bond donors (Lipinski definition) is 2. The minimum atomic E-state index is -0.230. The van der Waals surface area contributed by atoms with Crippen LogP contribution in [0.4, 0.5) is 16.2 Å². The Morgan fingerprint density at radius 2 is 1.57 bits per heavy atom. The van der Waals surface area contributed by atoms with Crippen LogP contribution in [-0.4, -0.2) is 36.5 Å². The second-order valence-corrected chi connectivity index (χ2v) is 7.97. The zero-order valence-corrected chi connectivity index (χ0v) is 17.8. The first-order valence-corrected chi connectivity index (χ1v) is 10.7. The van der Waals surface area contributed by atoms with Gasteiger partial charge in [-0.15, -0.1) is 0 Å². The highest BCUT2D eigenvalue weighted by atomic mass is 16.5. The first kappa shape index (κ1) is 21.7. The number of ether oxygens (including phenoxy) is 1. The summed E-state index contributed by atoms with van der Waals surface area (Å²) >= 11 is 0. The predicted molar refractivity (Wildman–Crippen MR) is 120 cm³/mol. The molecule has 3 rings (SSSR count). The van der Waals surface area contributed by atoms with Crippen LogP contribution in [0.2, 0.25) is 0 Å². The molecule has 0 bridgehead atoms. The van der Waals surface area contributed by atoms with Gasteiger partial charge in [0.2, 0.25) is 0 Å². The predicted octanol–water partition coefficient (Wildman–Crippen LogP) is 5.24. The Labute approximate surface area is 178 Å².